The summed E-state index contributed by atoms with van der Waals surface area (Å²) in [4.78, 5) is 26.5. The van der Waals surface area contributed by atoms with E-state index in [2.05, 4.69) is 4.90 Å². The van der Waals surface area contributed by atoms with Crippen molar-refractivity contribution < 1.29 is 19.2 Å². The zero-order chi connectivity index (χ0) is 18.6. The Morgan fingerprint density at radius 2 is 1.88 bits per heavy atom. The topological polar surface area (TPSA) is 85.2 Å². The second-order valence-electron chi connectivity index (χ2n) is 6.96. The summed E-state index contributed by atoms with van der Waals surface area (Å²) in [6, 6.07) is 4.78. The smallest absolute Gasteiger partial charge is 0.410 e. The molecule has 0 aromatic heterocycles. The molecule has 2 rings (SSSR count). The van der Waals surface area contributed by atoms with Gasteiger partial charge in [0, 0.05) is 56.7 Å². The molecule has 25 heavy (non-hydrogen) atoms. The Hall–Kier alpha value is -2.35. The van der Waals surface area contributed by atoms with Crippen LogP contribution in [-0.2, 0) is 16.1 Å². The van der Waals surface area contributed by atoms with Crippen LogP contribution in [0, 0.1) is 10.1 Å². The molecule has 8 heteroatoms. The lowest BCUT2D eigenvalue weighted by molar-refractivity contribution is -0.384. The number of nitrogens with zero attached hydrogens (tertiary/aromatic N) is 3. The second kappa shape index (κ2) is 7.69. The molecule has 1 aromatic rings. The number of anilines is 1. The van der Waals surface area contributed by atoms with E-state index in [4.69, 9.17) is 9.47 Å². The van der Waals surface area contributed by atoms with E-state index in [1.807, 2.05) is 20.8 Å². The zero-order valence-corrected chi connectivity index (χ0v) is 15.2. The Kier molecular flexibility index (Phi) is 5.84. The number of hydrogen-bond donors (Lipinski definition) is 0. The Bertz CT molecular complexity index is 634. The molecular formula is C17H25N3O5. The van der Waals surface area contributed by atoms with Gasteiger partial charge in [-0.3, -0.25) is 10.1 Å². The van der Waals surface area contributed by atoms with Crippen molar-refractivity contribution in [3.05, 3.63) is 33.9 Å². The van der Waals surface area contributed by atoms with Crippen molar-refractivity contribution in [1.29, 1.82) is 0 Å². The molecule has 0 bridgehead atoms. The van der Waals surface area contributed by atoms with Gasteiger partial charge in [0.05, 0.1) is 11.5 Å². The number of non-ortho nitro benzene ring substituents is 1. The van der Waals surface area contributed by atoms with Crippen molar-refractivity contribution in [2.24, 2.45) is 0 Å². The number of piperazine rings is 1. The lowest BCUT2D eigenvalue weighted by Gasteiger charge is -2.37. The van der Waals surface area contributed by atoms with Gasteiger partial charge in [-0.2, -0.15) is 0 Å². The van der Waals surface area contributed by atoms with Crippen LogP contribution < -0.4 is 4.90 Å². The highest BCUT2D eigenvalue weighted by Gasteiger charge is 2.27. The summed E-state index contributed by atoms with van der Waals surface area (Å²) in [5.74, 6) is 0. The first-order valence-electron chi connectivity index (χ1n) is 8.20. The molecular weight excluding hydrogens is 326 g/mol. The molecule has 1 fully saturated rings. The largest absolute Gasteiger partial charge is 0.444 e. The SMILES string of the molecule is COCc1cc([N+](=O)[O-])ccc1N1CCN(C(=O)OC(C)(C)C)CC1. The number of rotatable bonds is 4. The second-order valence-corrected chi connectivity index (χ2v) is 6.96. The number of amides is 1. The fourth-order valence-corrected chi connectivity index (χ4v) is 2.72. The molecule has 0 radical (unpaired) electrons. The molecule has 0 spiro atoms. The highest BCUT2D eigenvalue weighted by molar-refractivity contribution is 5.69. The summed E-state index contributed by atoms with van der Waals surface area (Å²) in [5.41, 5.74) is 1.19. The summed E-state index contributed by atoms with van der Waals surface area (Å²) in [5, 5.41) is 11.0. The van der Waals surface area contributed by atoms with E-state index >= 15 is 0 Å². The van der Waals surface area contributed by atoms with Crippen molar-refractivity contribution in [2.75, 3.05) is 38.2 Å². The summed E-state index contributed by atoms with van der Waals surface area (Å²) in [6.07, 6.45) is -0.312. The van der Waals surface area contributed by atoms with Crippen LogP contribution in [0.3, 0.4) is 0 Å². The van der Waals surface area contributed by atoms with Crippen molar-refractivity contribution >= 4 is 17.5 Å². The van der Waals surface area contributed by atoms with Gasteiger partial charge in [-0.05, 0) is 26.8 Å². The molecule has 8 nitrogen and oxygen atoms in total. The number of hydrogen-bond acceptors (Lipinski definition) is 6. The van der Waals surface area contributed by atoms with E-state index < -0.39 is 10.5 Å². The summed E-state index contributed by atoms with van der Waals surface area (Å²) in [6.45, 7) is 8.17. The Morgan fingerprint density at radius 3 is 2.40 bits per heavy atom. The van der Waals surface area contributed by atoms with Gasteiger partial charge in [-0.1, -0.05) is 0 Å². The number of nitro groups is 1. The molecule has 1 aliphatic heterocycles. The van der Waals surface area contributed by atoms with Gasteiger partial charge < -0.3 is 19.3 Å². The summed E-state index contributed by atoms with van der Waals surface area (Å²) in [7, 11) is 1.56. The maximum atomic E-state index is 12.1. The monoisotopic (exact) mass is 351 g/mol. The van der Waals surface area contributed by atoms with Crippen LogP contribution in [0.5, 0.6) is 0 Å². The maximum Gasteiger partial charge on any atom is 0.410 e. The third kappa shape index (κ3) is 5.06. The number of nitro benzene ring substituents is 1. The minimum Gasteiger partial charge on any atom is -0.444 e. The number of methoxy groups -OCH3 is 1. The van der Waals surface area contributed by atoms with E-state index in [1.54, 1.807) is 24.1 Å². The van der Waals surface area contributed by atoms with E-state index in [1.165, 1.54) is 6.07 Å². The first-order valence-corrected chi connectivity index (χ1v) is 8.20. The third-order valence-corrected chi connectivity index (χ3v) is 3.85. The molecule has 0 N–H and O–H groups in total. The quantitative estimate of drug-likeness (QED) is 0.612. The first-order chi connectivity index (χ1) is 11.7. The number of carbonyl (C=O) groups excluding carboxylic acids is 1. The summed E-state index contributed by atoms with van der Waals surface area (Å²) < 4.78 is 10.6. The number of ether oxygens (including phenoxy) is 2. The van der Waals surface area contributed by atoms with Crippen LogP contribution in [0.1, 0.15) is 26.3 Å². The van der Waals surface area contributed by atoms with E-state index in [9.17, 15) is 14.9 Å². The van der Waals surface area contributed by atoms with Gasteiger partial charge in [-0.15, -0.1) is 0 Å². The van der Waals surface area contributed by atoms with Gasteiger partial charge in [0.2, 0.25) is 0 Å². The van der Waals surface area contributed by atoms with Crippen molar-refractivity contribution in [2.45, 2.75) is 33.0 Å². The van der Waals surface area contributed by atoms with Crippen LogP contribution >= 0.6 is 0 Å². The van der Waals surface area contributed by atoms with Gasteiger partial charge in [-0.25, -0.2) is 4.79 Å². The van der Waals surface area contributed by atoms with Crippen LogP contribution in [0.25, 0.3) is 0 Å². The third-order valence-electron chi connectivity index (χ3n) is 3.85. The van der Waals surface area contributed by atoms with Crippen molar-refractivity contribution in [3.63, 3.8) is 0 Å². The molecule has 0 atom stereocenters. The molecule has 0 saturated carbocycles. The molecule has 1 saturated heterocycles. The maximum absolute atomic E-state index is 12.1. The van der Waals surface area contributed by atoms with Crippen molar-refractivity contribution in [3.8, 4) is 0 Å². The predicted molar refractivity (Wildman–Crippen MR) is 93.8 cm³/mol. The van der Waals surface area contributed by atoms with Crippen LogP contribution in [0.4, 0.5) is 16.2 Å². The van der Waals surface area contributed by atoms with Crippen LogP contribution in [0.15, 0.2) is 18.2 Å². The summed E-state index contributed by atoms with van der Waals surface area (Å²) >= 11 is 0. The Morgan fingerprint density at radius 1 is 1.24 bits per heavy atom. The molecule has 0 aliphatic carbocycles. The highest BCUT2D eigenvalue weighted by atomic mass is 16.6. The molecule has 1 aromatic carbocycles. The Labute approximate surface area is 147 Å². The lowest BCUT2D eigenvalue weighted by Crippen LogP contribution is -2.50. The molecule has 0 unspecified atom stereocenters. The van der Waals surface area contributed by atoms with Gasteiger partial charge in [0.25, 0.3) is 5.69 Å². The normalized spacial score (nSPS) is 15.2. The number of benzene rings is 1. The molecule has 1 heterocycles. The minimum absolute atomic E-state index is 0.0446. The highest BCUT2D eigenvalue weighted by Crippen LogP contribution is 2.27. The average molecular weight is 351 g/mol. The zero-order valence-electron chi connectivity index (χ0n) is 15.2. The van der Waals surface area contributed by atoms with Crippen molar-refractivity contribution in [1.82, 2.24) is 4.90 Å². The predicted octanol–water partition coefficient (Wildman–Crippen LogP) is 2.80. The lowest BCUT2D eigenvalue weighted by atomic mass is 10.1. The first kappa shape index (κ1) is 19.0. The van der Waals surface area contributed by atoms with Gasteiger partial charge >= 0.3 is 6.09 Å². The standard InChI is InChI=1S/C17H25N3O5/c1-17(2,3)25-16(21)19-9-7-18(8-10-19)15-6-5-14(20(22)23)11-13(15)12-24-4/h5-6,11H,7-10,12H2,1-4H3. The van der Waals surface area contributed by atoms with Crippen LogP contribution in [-0.4, -0.2) is 54.8 Å². The van der Waals surface area contributed by atoms with E-state index in [-0.39, 0.29) is 11.8 Å². The molecule has 1 aliphatic rings. The fraction of sp³-hybridized carbons (Fsp3) is 0.588. The van der Waals surface area contributed by atoms with Gasteiger partial charge in [0.15, 0.2) is 0 Å². The minimum atomic E-state index is -0.516. The van der Waals surface area contributed by atoms with E-state index in [0.717, 1.165) is 11.3 Å². The van der Waals surface area contributed by atoms with E-state index in [0.29, 0.717) is 32.8 Å². The average Bonchev–Trinajstić information content (AvgIpc) is 2.53. The number of carbonyl (C=O) groups is 1. The fourth-order valence-electron chi connectivity index (χ4n) is 2.72. The van der Waals surface area contributed by atoms with Gasteiger partial charge in [0.1, 0.15) is 5.60 Å². The van der Waals surface area contributed by atoms with Crippen LogP contribution in [0.2, 0.25) is 0 Å². The molecule has 1 amide bonds. The Balaban J connectivity index is 2.07. The molecule has 138 valence electrons.